The van der Waals surface area contributed by atoms with Gasteiger partial charge in [0, 0.05) is 17.8 Å². The summed E-state index contributed by atoms with van der Waals surface area (Å²) in [6, 6.07) is 8.96. The van der Waals surface area contributed by atoms with E-state index in [0.717, 1.165) is 30.0 Å². The first-order valence-electron chi connectivity index (χ1n) is 8.15. The molecule has 27 heavy (non-hydrogen) atoms. The molecule has 144 valence electrons. The highest BCUT2D eigenvalue weighted by molar-refractivity contribution is 7.92. The lowest BCUT2D eigenvalue weighted by Gasteiger charge is -2.29. The van der Waals surface area contributed by atoms with Crippen molar-refractivity contribution in [3.8, 4) is 0 Å². The number of nitrogens with one attached hydrogen (secondary N) is 1. The van der Waals surface area contributed by atoms with Crippen LogP contribution in [0.25, 0.3) is 0 Å². The van der Waals surface area contributed by atoms with Gasteiger partial charge in [-0.25, -0.2) is 8.42 Å². The van der Waals surface area contributed by atoms with E-state index in [4.69, 9.17) is 0 Å². The largest absolute Gasteiger partial charge is 0.416 e. The zero-order chi connectivity index (χ0) is 19.8. The number of nitrogens with zero attached hydrogens (tertiary/aromatic N) is 1. The minimum absolute atomic E-state index is 0.137. The summed E-state index contributed by atoms with van der Waals surface area (Å²) < 4.78 is 63.6. The fourth-order valence-electron chi connectivity index (χ4n) is 3.00. The number of rotatable bonds is 3. The lowest BCUT2D eigenvalue weighted by Crippen LogP contribution is -2.34. The number of hydrogen-bond acceptors (Lipinski definition) is 3. The van der Waals surface area contributed by atoms with E-state index in [2.05, 4.69) is 5.32 Å². The SMILES string of the molecule is CS(=O)(=O)N1CCCc2ccc(NC(=O)c3cccc(C(F)(F)F)c3)cc21. The number of carbonyl (C=O) groups is 1. The molecule has 0 aliphatic carbocycles. The number of amides is 1. The van der Waals surface area contributed by atoms with Crippen LogP contribution in [0, 0.1) is 0 Å². The molecule has 0 saturated heterocycles. The first-order chi connectivity index (χ1) is 12.6. The van der Waals surface area contributed by atoms with E-state index in [1.165, 1.54) is 16.4 Å². The van der Waals surface area contributed by atoms with Gasteiger partial charge in [0.2, 0.25) is 10.0 Å². The van der Waals surface area contributed by atoms with Gasteiger partial charge in [-0.1, -0.05) is 12.1 Å². The third kappa shape index (κ3) is 4.24. The third-order valence-corrected chi connectivity index (χ3v) is 5.45. The van der Waals surface area contributed by atoms with E-state index in [1.54, 1.807) is 12.1 Å². The summed E-state index contributed by atoms with van der Waals surface area (Å²) >= 11 is 0. The topological polar surface area (TPSA) is 66.5 Å². The maximum absolute atomic E-state index is 12.8. The first-order valence-corrected chi connectivity index (χ1v) is 10.00. The predicted octanol–water partition coefficient (Wildman–Crippen LogP) is 3.67. The van der Waals surface area contributed by atoms with Gasteiger partial charge in [0.15, 0.2) is 0 Å². The second-order valence-corrected chi connectivity index (χ2v) is 8.22. The minimum Gasteiger partial charge on any atom is -0.322 e. The maximum Gasteiger partial charge on any atom is 0.416 e. The van der Waals surface area contributed by atoms with Crippen LogP contribution in [0.5, 0.6) is 0 Å². The van der Waals surface area contributed by atoms with Gasteiger partial charge in [0.05, 0.1) is 17.5 Å². The summed E-state index contributed by atoms with van der Waals surface area (Å²) in [6.07, 6.45) is -2.03. The van der Waals surface area contributed by atoms with E-state index in [-0.39, 0.29) is 5.56 Å². The summed E-state index contributed by atoms with van der Waals surface area (Å²) in [5.74, 6) is -0.706. The van der Waals surface area contributed by atoms with Crippen LogP contribution in [-0.2, 0) is 22.6 Å². The number of sulfonamides is 1. The molecule has 1 aliphatic heterocycles. The van der Waals surface area contributed by atoms with Crippen molar-refractivity contribution in [2.45, 2.75) is 19.0 Å². The lowest BCUT2D eigenvalue weighted by atomic mass is 10.0. The van der Waals surface area contributed by atoms with E-state index >= 15 is 0 Å². The predicted molar refractivity (Wildman–Crippen MR) is 96.4 cm³/mol. The van der Waals surface area contributed by atoms with Crippen molar-refractivity contribution in [3.05, 3.63) is 59.2 Å². The van der Waals surface area contributed by atoms with Gasteiger partial charge in [0.1, 0.15) is 0 Å². The molecule has 1 aliphatic rings. The van der Waals surface area contributed by atoms with Gasteiger partial charge in [-0.2, -0.15) is 13.2 Å². The zero-order valence-corrected chi connectivity index (χ0v) is 15.2. The second kappa shape index (κ2) is 6.88. The highest BCUT2D eigenvalue weighted by atomic mass is 32.2. The van der Waals surface area contributed by atoms with Crippen LogP contribution >= 0.6 is 0 Å². The molecule has 0 fully saturated rings. The van der Waals surface area contributed by atoms with E-state index in [0.29, 0.717) is 30.8 Å². The van der Waals surface area contributed by atoms with Crippen molar-refractivity contribution in [1.82, 2.24) is 0 Å². The van der Waals surface area contributed by atoms with Gasteiger partial charge < -0.3 is 5.32 Å². The van der Waals surface area contributed by atoms with Gasteiger partial charge in [0.25, 0.3) is 5.91 Å². The van der Waals surface area contributed by atoms with Gasteiger partial charge in [-0.05, 0) is 48.7 Å². The molecule has 1 amide bonds. The normalized spacial score (nSPS) is 14.6. The molecule has 1 heterocycles. The van der Waals surface area contributed by atoms with E-state index in [9.17, 15) is 26.4 Å². The zero-order valence-electron chi connectivity index (χ0n) is 14.4. The van der Waals surface area contributed by atoms with E-state index in [1.807, 2.05) is 0 Å². The Balaban J connectivity index is 1.88. The van der Waals surface area contributed by atoms with Crippen molar-refractivity contribution in [3.63, 3.8) is 0 Å². The van der Waals surface area contributed by atoms with Crippen LogP contribution in [0.4, 0.5) is 24.5 Å². The molecular weight excluding hydrogens is 381 g/mol. The molecule has 2 aromatic carbocycles. The highest BCUT2D eigenvalue weighted by Crippen LogP contribution is 2.32. The van der Waals surface area contributed by atoms with Crippen LogP contribution in [0.3, 0.4) is 0 Å². The number of carbonyl (C=O) groups excluding carboxylic acids is 1. The molecule has 2 aromatic rings. The highest BCUT2D eigenvalue weighted by Gasteiger charge is 2.31. The van der Waals surface area contributed by atoms with Crippen molar-refractivity contribution in [2.24, 2.45) is 0 Å². The molecule has 9 heteroatoms. The van der Waals surface area contributed by atoms with Gasteiger partial charge in [-0.3, -0.25) is 9.10 Å². The Morgan fingerprint density at radius 2 is 1.89 bits per heavy atom. The Morgan fingerprint density at radius 3 is 2.56 bits per heavy atom. The number of aryl methyl sites for hydroxylation is 1. The maximum atomic E-state index is 12.8. The van der Waals surface area contributed by atoms with Crippen LogP contribution in [0.15, 0.2) is 42.5 Å². The van der Waals surface area contributed by atoms with Gasteiger partial charge in [-0.15, -0.1) is 0 Å². The summed E-state index contributed by atoms with van der Waals surface area (Å²) in [5, 5.41) is 2.53. The number of benzene rings is 2. The summed E-state index contributed by atoms with van der Waals surface area (Å²) in [7, 11) is -3.46. The van der Waals surface area contributed by atoms with Crippen molar-refractivity contribution < 1.29 is 26.4 Å². The Bertz CT molecular complexity index is 988. The molecule has 0 spiro atoms. The van der Waals surface area contributed by atoms with E-state index < -0.39 is 27.7 Å². The quantitative estimate of drug-likeness (QED) is 0.858. The molecule has 0 bridgehead atoms. The average Bonchev–Trinajstić information content (AvgIpc) is 2.59. The van der Waals surface area contributed by atoms with Crippen LogP contribution < -0.4 is 9.62 Å². The Kier molecular flexibility index (Phi) is 4.90. The number of anilines is 2. The Hall–Kier alpha value is -2.55. The van der Waals surface area contributed by atoms with Crippen molar-refractivity contribution in [2.75, 3.05) is 22.4 Å². The molecule has 1 N–H and O–H groups in total. The molecule has 5 nitrogen and oxygen atoms in total. The fourth-order valence-corrected chi connectivity index (χ4v) is 3.99. The average molecular weight is 398 g/mol. The Labute approximate surface area is 154 Å². The van der Waals surface area contributed by atoms with Crippen molar-refractivity contribution >= 4 is 27.3 Å². The van der Waals surface area contributed by atoms with Crippen molar-refractivity contribution in [1.29, 1.82) is 0 Å². The first kappa shape index (κ1) is 19.2. The number of hydrogen-bond donors (Lipinski definition) is 1. The fraction of sp³-hybridized carbons (Fsp3) is 0.278. The van der Waals surface area contributed by atoms with Crippen LogP contribution in [0.2, 0.25) is 0 Å². The molecule has 0 radical (unpaired) electrons. The molecular formula is C18H17F3N2O3S. The van der Waals surface area contributed by atoms with Gasteiger partial charge >= 0.3 is 6.18 Å². The monoisotopic (exact) mass is 398 g/mol. The lowest BCUT2D eigenvalue weighted by molar-refractivity contribution is -0.137. The second-order valence-electron chi connectivity index (χ2n) is 6.31. The third-order valence-electron chi connectivity index (χ3n) is 4.27. The smallest absolute Gasteiger partial charge is 0.322 e. The summed E-state index contributed by atoms with van der Waals surface area (Å²) in [5.41, 5.74) is 0.576. The molecule has 0 saturated carbocycles. The minimum atomic E-state index is -4.54. The molecule has 0 atom stereocenters. The van der Waals surface area contributed by atoms with Crippen LogP contribution in [0.1, 0.15) is 27.9 Å². The summed E-state index contributed by atoms with van der Waals surface area (Å²) in [6.45, 7) is 0.344. The Morgan fingerprint density at radius 1 is 1.15 bits per heavy atom. The molecule has 3 rings (SSSR count). The van der Waals surface area contributed by atoms with Crippen LogP contribution in [-0.4, -0.2) is 27.1 Å². The molecule has 0 aromatic heterocycles. The number of alkyl halides is 3. The molecule has 0 unspecified atom stereocenters. The standard InChI is InChI=1S/C18H17F3N2O3S/c1-27(25,26)23-9-3-5-12-7-8-15(11-16(12)23)22-17(24)13-4-2-6-14(10-13)18(19,20)21/h2,4,6-8,10-11H,3,5,9H2,1H3,(H,22,24). The number of fused-ring (bicyclic) bond motifs is 1. The number of halogens is 3. The summed E-state index contributed by atoms with van der Waals surface area (Å²) in [4.78, 5) is 12.3.